The van der Waals surface area contributed by atoms with E-state index in [1.54, 1.807) is 19.3 Å². The van der Waals surface area contributed by atoms with Crippen molar-refractivity contribution in [3.05, 3.63) is 34.2 Å². The molecule has 0 radical (unpaired) electrons. The summed E-state index contributed by atoms with van der Waals surface area (Å²) in [6, 6.07) is 3.28. The fraction of sp³-hybridized carbons (Fsp3) is 0.286. The molecule has 11 heavy (non-hydrogen) atoms. The Hall–Kier alpha value is -1.13. The molecule has 0 aliphatic rings. The molecule has 1 rings (SSSR count). The van der Waals surface area contributed by atoms with Crippen molar-refractivity contribution in [1.82, 2.24) is 4.57 Å². The third kappa shape index (κ3) is 1.89. The lowest BCUT2D eigenvalue weighted by molar-refractivity contribution is 0.124. The van der Waals surface area contributed by atoms with Crippen LogP contribution in [0.5, 0.6) is 0 Å². The van der Waals surface area contributed by atoms with Crippen LogP contribution in [0.1, 0.15) is 5.56 Å². The molecule has 4 heteroatoms. The van der Waals surface area contributed by atoms with Gasteiger partial charge in [-0.05, 0) is 11.6 Å². The standard InChI is InChI=1S/C7H10N2O2/c1-9-3-2-6(5-11-8)4-7(9)10/h2-4H,5,8H2,1H3. The highest BCUT2D eigenvalue weighted by atomic mass is 16.6. The zero-order valence-corrected chi connectivity index (χ0v) is 6.28. The lowest BCUT2D eigenvalue weighted by atomic mass is 10.3. The van der Waals surface area contributed by atoms with E-state index in [2.05, 4.69) is 4.84 Å². The molecule has 1 aromatic heterocycles. The van der Waals surface area contributed by atoms with Gasteiger partial charge in [-0.2, -0.15) is 0 Å². The van der Waals surface area contributed by atoms with Crippen LogP contribution in [0.3, 0.4) is 0 Å². The van der Waals surface area contributed by atoms with Gasteiger partial charge in [0.2, 0.25) is 0 Å². The van der Waals surface area contributed by atoms with E-state index in [4.69, 9.17) is 5.90 Å². The molecular weight excluding hydrogens is 144 g/mol. The number of pyridine rings is 1. The van der Waals surface area contributed by atoms with E-state index in [1.807, 2.05) is 0 Å². The van der Waals surface area contributed by atoms with Gasteiger partial charge in [-0.15, -0.1) is 0 Å². The Balaban J connectivity index is 2.96. The molecule has 0 bridgehead atoms. The van der Waals surface area contributed by atoms with Gasteiger partial charge in [0.1, 0.15) is 0 Å². The summed E-state index contributed by atoms with van der Waals surface area (Å²) >= 11 is 0. The maximum atomic E-state index is 11.0. The average molecular weight is 154 g/mol. The zero-order valence-electron chi connectivity index (χ0n) is 6.28. The highest BCUT2D eigenvalue weighted by molar-refractivity contribution is 5.09. The topological polar surface area (TPSA) is 57.2 Å². The van der Waals surface area contributed by atoms with Crippen LogP contribution in [0, 0.1) is 0 Å². The molecular formula is C7H10N2O2. The third-order valence-electron chi connectivity index (χ3n) is 1.42. The number of nitrogens with two attached hydrogens (primary N) is 1. The second kappa shape index (κ2) is 3.32. The molecule has 0 amide bonds. The molecule has 0 fully saturated rings. The molecule has 60 valence electrons. The van der Waals surface area contributed by atoms with Crippen LogP contribution in [0.4, 0.5) is 0 Å². The number of aromatic nitrogens is 1. The van der Waals surface area contributed by atoms with E-state index < -0.39 is 0 Å². The van der Waals surface area contributed by atoms with Crippen molar-refractivity contribution in [2.75, 3.05) is 0 Å². The van der Waals surface area contributed by atoms with Crippen molar-refractivity contribution < 1.29 is 4.84 Å². The van der Waals surface area contributed by atoms with Gasteiger partial charge in [-0.1, -0.05) is 0 Å². The lowest BCUT2D eigenvalue weighted by Gasteiger charge is -1.99. The first-order valence-electron chi connectivity index (χ1n) is 3.21. The van der Waals surface area contributed by atoms with Crippen molar-refractivity contribution in [3.8, 4) is 0 Å². The lowest BCUT2D eigenvalue weighted by Crippen LogP contribution is -2.15. The first kappa shape index (κ1) is 7.97. The predicted octanol–water partition coefficient (Wildman–Crippen LogP) is -0.224. The van der Waals surface area contributed by atoms with Crippen LogP contribution >= 0.6 is 0 Å². The van der Waals surface area contributed by atoms with E-state index in [-0.39, 0.29) is 12.2 Å². The van der Waals surface area contributed by atoms with E-state index in [1.165, 1.54) is 10.6 Å². The fourth-order valence-corrected chi connectivity index (χ4v) is 0.776. The molecule has 0 unspecified atom stereocenters. The largest absolute Gasteiger partial charge is 0.319 e. The van der Waals surface area contributed by atoms with Gasteiger partial charge in [-0.3, -0.25) is 9.63 Å². The summed E-state index contributed by atoms with van der Waals surface area (Å²) in [6.07, 6.45) is 1.68. The average Bonchev–Trinajstić information content (AvgIpc) is 1.98. The van der Waals surface area contributed by atoms with E-state index in [0.29, 0.717) is 0 Å². The SMILES string of the molecule is Cn1ccc(CON)cc1=O. The molecule has 0 saturated heterocycles. The Bertz CT molecular complexity index is 293. The van der Waals surface area contributed by atoms with Gasteiger partial charge < -0.3 is 4.57 Å². The molecule has 0 saturated carbocycles. The minimum atomic E-state index is -0.0560. The number of hydrogen-bond donors (Lipinski definition) is 1. The van der Waals surface area contributed by atoms with Crippen LogP contribution in [-0.2, 0) is 18.5 Å². The van der Waals surface area contributed by atoms with Crippen molar-refractivity contribution in [3.63, 3.8) is 0 Å². The van der Waals surface area contributed by atoms with E-state index in [9.17, 15) is 4.79 Å². The molecule has 0 spiro atoms. The second-order valence-corrected chi connectivity index (χ2v) is 2.30. The summed E-state index contributed by atoms with van der Waals surface area (Å²) in [5.41, 5.74) is 0.732. The Kier molecular flexibility index (Phi) is 2.40. The summed E-state index contributed by atoms with van der Waals surface area (Å²) in [7, 11) is 1.69. The smallest absolute Gasteiger partial charge is 0.250 e. The number of rotatable bonds is 2. The van der Waals surface area contributed by atoms with Gasteiger partial charge in [0.05, 0.1) is 6.61 Å². The molecule has 0 aliphatic heterocycles. The van der Waals surface area contributed by atoms with Gasteiger partial charge >= 0.3 is 0 Å². The number of aryl methyl sites for hydroxylation is 1. The van der Waals surface area contributed by atoms with Crippen LogP contribution in [0.15, 0.2) is 23.1 Å². The molecule has 0 atom stereocenters. The Labute approximate surface area is 64.2 Å². The second-order valence-electron chi connectivity index (χ2n) is 2.30. The van der Waals surface area contributed by atoms with Crippen molar-refractivity contribution in [2.24, 2.45) is 12.9 Å². The van der Waals surface area contributed by atoms with Crippen LogP contribution in [0.2, 0.25) is 0 Å². The summed E-state index contributed by atoms with van der Waals surface area (Å²) < 4.78 is 1.49. The molecule has 2 N–H and O–H groups in total. The number of nitrogens with zero attached hydrogens (tertiary/aromatic N) is 1. The normalized spacial score (nSPS) is 10.0. The maximum absolute atomic E-state index is 11.0. The van der Waals surface area contributed by atoms with Crippen molar-refractivity contribution in [2.45, 2.75) is 6.61 Å². The highest BCUT2D eigenvalue weighted by Crippen LogP contribution is 1.93. The molecule has 1 aromatic rings. The molecule has 0 aliphatic carbocycles. The first-order chi connectivity index (χ1) is 5.24. The van der Waals surface area contributed by atoms with Gasteiger partial charge in [0, 0.05) is 19.3 Å². The van der Waals surface area contributed by atoms with Gasteiger partial charge in [0.15, 0.2) is 0 Å². The van der Waals surface area contributed by atoms with Crippen LogP contribution in [0.25, 0.3) is 0 Å². The first-order valence-corrected chi connectivity index (χ1v) is 3.21. The highest BCUT2D eigenvalue weighted by Gasteiger charge is 1.93. The molecule has 0 aromatic carbocycles. The summed E-state index contributed by atoms with van der Waals surface area (Å²) in [5.74, 6) is 4.84. The summed E-state index contributed by atoms with van der Waals surface area (Å²) in [5, 5.41) is 0. The van der Waals surface area contributed by atoms with Gasteiger partial charge in [-0.25, -0.2) is 5.90 Å². The Morgan fingerprint density at radius 3 is 3.00 bits per heavy atom. The van der Waals surface area contributed by atoms with Crippen LogP contribution < -0.4 is 11.5 Å². The Morgan fingerprint density at radius 2 is 2.45 bits per heavy atom. The minimum absolute atomic E-state index is 0.0560. The fourth-order valence-electron chi connectivity index (χ4n) is 0.776. The summed E-state index contributed by atoms with van der Waals surface area (Å²) in [4.78, 5) is 15.4. The molecule has 4 nitrogen and oxygen atoms in total. The maximum Gasteiger partial charge on any atom is 0.250 e. The summed E-state index contributed by atoms with van der Waals surface area (Å²) in [6.45, 7) is 0.274. The van der Waals surface area contributed by atoms with Crippen molar-refractivity contribution in [1.29, 1.82) is 0 Å². The quantitative estimate of drug-likeness (QED) is 0.599. The third-order valence-corrected chi connectivity index (χ3v) is 1.42. The number of hydrogen-bond acceptors (Lipinski definition) is 3. The predicted molar refractivity (Wildman–Crippen MR) is 40.7 cm³/mol. The Morgan fingerprint density at radius 1 is 1.73 bits per heavy atom. The van der Waals surface area contributed by atoms with Crippen LogP contribution in [-0.4, -0.2) is 4.57 Å². The monoisotopic (exact) mass is 154 g/mol. The zero-order chi connectivity index (χ0) is 8.27. The van der Waals surface area contributed by atoms with Gasteiger partial charge in [0.25, 0.3) is 5.56 Å². The van der Waals surface area contributed by atoms with Crippen molar-refractivity contribution >= 4 is 0 Å². The minimum Gasteiger partial charge on any atom is -0.319 e. The van der Waals surface area contributed by atoms with E-state index >= 15 is 0 Å². The molecule has 1 heterocycles. The van der Waals surface area contributed by atoms with E-state index in [0.717, 1.165) is 5.56 Å².